The van der Waals surface area contributed by atoms with Crippen LogP contribution >= 0.6 is 0 Å². The minimum atomic E-state index is -6.03. The molecule has 0 heterocycles. The Bertz CT molecular complexity index is 397. The third-order valence-electron chi connectivity index (χ3n) is 1.12. The molecule has 0 rings (SSSR count). The van der Waals surface area contributed by atoms with Crippen molar-refractivity contribution < 1.29 is 30.0 Å². The van der Waals surface area contributed by atoms with E-state index in [0.29, 0.717) is 0 Å². The molecule has 0 radical (unpaired) electrons. The Morgan fingerprint density at radius 2 is 0.667 bits per heavy atom. The molecule has 0 saturated heterocycles. The van der Waals surface area contributed by atoms with Gasteiger partial charge in [0.25, 0.3) is 0 Å². The molecule has 0 aromatic heterocycles. The Labute approximate surface area is 128 Å². The van der Waals surface area contributed by atoms with E-state index in [1.54, 1.807) is 0 Å². The molecule has 0 saturated carbocycles. The molecule has 0 bridgehead atoms. The fourth-order valence-electron chi connectivity index (χ4n) is 0.250. The number of nitrogens with zero attached hydrogens (tertiary/aromatic N) is 6. The summed E-state index contributed by atoms with van der Waals surface area (Å²) in [4.78, 5) is 0. The molecule has 0 aromatic rings. The van der Waals surface area contributed by atoms with E-state index < -0.39 is 10.5 Å². The fraction of sp³-hybridized carbons (Fsp3) is 0. The monoisotopic (exact) mass is 321 g/mol. The SMILES string of the molecule is N#[C][Co]([C]#N)([C]#N)([C]#N)([C]#N)[C]#N.[CaH2].[Zn]. The van der Waals surface area contributed by atoms with Gasteiger partial charge in [-0.05, 0) is 0 Å². The Balaban J connectivity index is -0.000000720. The minimum Gasteiger partial charge on any atom is 0 e. The summed E-state index contributed by atoms with van der Waals surface area (Å²) in [5.41, 5.74) is 0. The number of hydrogen-bond acceptors (Lipinski definition) is 6. The van der Waals surface area contributed by atoms with Gasteiger partial charge >= 0.3 is 110 Å². The molecule has 0 aromatic carbocycles. The summed E-state index contributed by atoms with van der Waals surface area (Å²) < 4.78 is 0. The van der Waals surface area contributed by atoms with E-state index in [4.69, 9.17) is 31.6 Å². The fourth-order valence-corrected chi connectivity index (χ4v) is 1.03. The van der Waals surface area contributed by atoms with Crippen LogP contribution in [0.1, 0.15) is 0 Å². The van der Waals surface area contributed by atoms with Crippen LogP contribution in [0.3, 0.4) is 0 Å². The molecule has 6 nitrogen and oxygen atoms in total. The molecule has 9 heteroatoms. The minimum absolute atomic E-state index is 0. The zero-order valence-electron chi connectivity index (χ0n) is 6.72. The third kappa shape index (κ3) is 1.99. The van der Waals surface area contributed by atoms with Crippen LogP contribution in [0.5, 0.6) is 0 Å². The third-order valence-corrected chi connectivity index (χ3v) is 4.61. The van der Waals surface area contributed by atoms with Gasteiger partial charge in [0.15, 0.2) is 0 Å². The van der Waals surface area contributed by atoms with Gasteiger partial charge in [0.05, 0.1) is 0 Å². The first-order valence-corrected chi connectivity index (χ1v) is 5.46. The van der Waals surface area contributed by atoms with E-state index in [0.717, 1.165) is 30.0 Å². The molecular weight excluding hydrogens is 321 g/mol. The quantitative estimate of drug-likeness (QED) is 0.533. The predicted octanol–water partition coefficient (Wildman–Crippen LogP) is -0.821. The van der Waals surface area contributed by atoms with Gasteiger partial charge in [0.1, 0.15) is 0 Å². The first-order chi connectivity index (χ1) is 5.97. The van der Waals surface area contributed by atoms with Crippen molar-refractivity contribution in [1.29, 1.82) is 31.6 Å². The van der Waals surface area contributed by atoms with Crippen molar-refractivity contribution in [3.63, 3.8) is 0 Å². The van der Waals surface area contributed by atoms with Gasteiger partial charge in [0, 0.05) is 19.5 Å². The van der Waals surface area contributed by atoms with Gasteiger partial charge in [0.2, 0.25) is 0 Å². The van der Waals surface area contributed by atoms with Crippen molar-refractivity contribution in [3.8, 4) is 30.0 Å². The van der Waals surface area contributed by atoms with Crippen molar-refractivity contribution in [2.24, 2.45) is 0 Å². The summed E-state index contributed by atoms with van der Waals surface area (Å²) >= 11 is 0. The van der Waals surface area contributed by atoms with Crippen molar-refractivity contribution in [3.05, 3.63) is 0 Å². The van der Waals surface area contributed by atoms with E-state index in [-0.39, 0.29) is 57.2 Å². The van der Waals surface area contributed by atoms with Crippen LogP contribution in [0.15, 0.2) is 0 Å². The Hall–Kier alpha value is -0.670. The van der Waals surface area contributed by atoms with Crippen LogP contribution in [-0.4, -0.2) is 37.7 Å². The summed E-state index contributed by atoms with van der Waals surface area (Å²) in [6, 6.07) is 0. The van der Waals surface area contributed by atoms with E-state index in [2.05, 4.69) is 0 Å². The van der Waals surface area contributed by atoms with Gasteiger partial charge in [-0.15, -0.1) is 0 Å². The maximum atomic E-state index is 8.58. The second-order valence-electron chi connectivity index (χ2n) is 1.70. The summed E-state index contributed by atoms with van der Waals surface area (Å²) in [7, 11) is -6.03. The normalized spacial score (nSPS) is 11.6. The molecule has 15 heavy (non-hydrogen) atoms. The van der Waals surface area contributed by atoms with Crippen molar-refractivity contribution in [2.45, 2.75) is 0 Å². The summed E-state index contributed by atoms with van der Waals surface area (Å²) in [5, 5.41) is 57.6. The molecule has 0 aliphatic rings. The molecule has 0 fully saturated rings. The van der Waals surface area contributed by atoms with Crippen LogP contribution in [0.4, 0.5) is 0 Å². The number of nitriles is 6. The molecule has 0 atom stereocenters. The number of hydrogen-bond donors (Lipinski definition) is 0. The van der Waals surface area contributed by atoms with E-state index in [9.17, 15) is 0 Å². The zero-order chi connectivity index (χ0) is 10.7. The Kier molecular flexibility index (Phi) is 6.48. The molecule has 69 valence electrons. The van der Waals surface area contributed by atoms with Gasteiger partial charge in [-0.1, -0.05) is 0 Å². The van der Waals surface area contributed by atoms with Crippen molar-refractivity contribution >= 4 is 37.7 Å². The van der Waals surface area contributed by atoms with Crippen LogP contribution in [0.2, 0.25) is 0 Å². The molecule has 0 aliphatic carbocycles. The molecule has 0 spiro atoms. The van der Waals surface area contributed by atoms with Gasteiger partial charge < -0.3 is 0 Å². The van der Waals surface area contributed by atoms with E-state index in [1.165, 1.54) is 0 Å². The standard InChI is InChI=1S/6CN.Ca.Co.Zn.2H/c6*1-2;;;;;. The second kappa shape index (κ2) is 4.90. The molecule has 0 N–H and O–H groups in total. The smallest absolute Gasteiger partial charge is 0 e. The summed E-state index contributed by atoms with van der Waals surface area (Å²) in [6.07, 6.45) is 0. The molecular formula is C6H2CaCoN6Zn. The number of rotatable bonds is 0. The topological polar surface area (TPSA) is 143 Å². The molecule has 0 amide bonds. The first-order valence-electron chi connectivity index (χ1n) is 2.34. The maximum absolute atomic E-state index is 8.58. The van der Waals surface area contributed by atoms with Gasteiger partial charge in [-0.3, -0.25) is 0 Å². The summed E-state index contributed by atoms with van der Waals surface area (Å²) in [6.45, 7) is 0. The van der Waals surface area contributed by atoms with Crippen LogP contribution in [0.25, 0.3) is 0 Å². The molecule has 0 unspecified atom stereocenters. The van der Waals surface area contributed by atoms with Crippen molar-refractivity contribution in [2.75, 3.05) is 0 Å². The van der Waals surface area contributed by atoms with Gasteiger partial charge in [-0.25, -0.2) is 0 Å². The average molecular weight is 323 g/mol. The predicted molar refractivity (Wildman–Crippen MR) is 42.2 cm³/mol. The van der Waals surface area contributed by atoms with E-state index in [1.807, 2.05) is 0 Å². The van der Waals surface area contributed by atoms with Crippen molar-refractivity contribution in [1.82, 2.24) is 0 Å². The maximum Gasteiger partial charge on any atom is 0 e. The van der Waals surface area contributed by atoms with Crippen LogP contribution in [0, 0.1) is 61.6 Å². The largest absolute Gasteiger partial charge is 0 e. The van der Waals surface area contributed by atoms with Crippen LogP contribution in [-0.2, 0) is 30.0 Å². The zero-order valence-corrected chi connectivity index (χ0v) is 10.7. The van der Waals surface area contributed by atoms with E-state index >= 15 is 0 Å². The van der Waals surface area contributed by atoms with Gasteiger partial charge in [-0.2, -0.15) is 0 Å². The average Bonchev–Trinajstić information content (AvgIpc) is 2.26. The second-order valence-corrected chi connectivity index (χ2v) is 7.00. The summed E-state index contributed by atoms with van der Waals surface area (Å²) in [5.74, 6) is 0. The first kappa shape index (κ1) is 19.8. The molecule has 0 aliphatic heterocycles. The Morgan fingerprint density at radius 3 is 0.667 bits per heavy atom. The Morgan fingerprint density at radius 1 is 0.533 bits per heavy atom. The van der Waals surface area contributed by atoms with Crippen LogP contribution < -0.4 is 0 Å².